The normalized spacial score (nSPS) is 22.7. The number of aliphatic imine (C=N–C) groups is 2. The number of hydrogen-bond acceptors (Lipinski definition) is 6. The van der Waals surface area contributed by atoms with E-state index in [0.29, 0.717) is 0 Å². The van der Waals surface area contributed by atoms with Crippen LogP contribution in [-0.2, 0) is 44.9 Å². The Bertz CT molecular complexity index is 2900. The van der Waals surface area contributed by atoms with Crippen LogP contribution in [0.2, 0.25) is 10.0 Å². The Balaban J connectivity index is 0.000000116. The first kappa shape index (κ1) is 49.7. The number of halogens is 4. The molecule has 4 amide bonds. The van der Waals surface area contributed by atoms with Gasteiger partial charge in [0, 0.05) is 87.3 Å². The highest BCUT2D eigenvalue weighted by atomic mass is 79.9. The monoisotopic (exact) mass is 1110 g/mol. The van der Waals surface area contributed by atoms with Crippen LogP contribution in [0.1, 0.15) is 110 Å². The molecular formula is C54H56Br2Cl2N8O4. The van der Waals surface area contributed by atoms with Gasteiger partial charge in [-0.05, 0) is 159 Å². The topological polar surface area (TPSA) is 229 Å². The number of nitrogens with zero attached hydrogens (tertiary/aromatic N) is 2. The Morgan fingerprint density at radius 2 is 0.914 bits per heavy atom. The third kappa shape index (κ3) is 10.5. The number of nitrogens with one attached hydrogen (secondary N) is 2. The molecular weight excluding hydrogens is 1060 g/mol. The second-order valence-electron chi connectivity index (χ2n) is 19.3. The summed E-state index contributed by atoms with van der Waals surface area (Å²) in [7, 11) is 0. The van der Waals surface area contributed by atoms with Crippen molar-refractivity contribution >= 4 is 123 Å². The van der Waals surface area contributed by atoms with Gasteiger partial charge in [-0.1, -0.05) is 80.7 Å². The number of benzene rings is 4. The van der Waals surface area contributed by atoms with E-state index in [9.17, 15) is 19.2 Å². The molecule has 4 aliphatic carbocycles. The van der Waals surface area contributed by atoms with Crippen LogP contribution < -0.4 is 22.9 Å². The van der Waals surface area contributed by atoms with E-state index in [1.165, 1.54) is 33.3 Å². The number of primary amides is 4. The van der Waals surface area contributed by atoms with Crippen molar-refractivity contribution in [3.63, 3.8) is 0 Å². The van der Waals surface area contributed by atoms with Crippen LogP contribution in [-0.4, -0.2) is 45.0 Å². The van der Waals surface area contributed by atoms with Crippen LogP contribution in [0.3, 0.4) is 0 Å². The van der Waals surface area contributed by atoms with E-state index < -0.39 is 0 Å². The molecule has 16 heteroatoms. The van der Waals surface area contributed by atoms with Crippen molar-refractivity contribution in [2.24, 2.45) is 56.6 Å². The first-order chi connectivity index (χ1) is 33.6. The van der Waals surface area contributed by atoms with Gasteiger partial charge in [-0.25, -0.2) is 0 Å². The van der Waals surface area contributed by atoms with E-state index in [-0.39, 0.29) is 59.1 Å². The van der Waals surface area contributed by atoms with Crippen molar-refractivity contribution in [3.8, 4) is 0 Å². The van der Waals surface area contributed by atoms with Gasteiger partial charge in [0.1, 0.15) is 0 Å². The average Bonchev–Trinajstić information content (AvgIpc) is 4.00. The number of H-pyrrole nitrogens is 2. The van der Waals surface area contributed by atoms with Crippen molar-refractivity contribution in [2.45, 2.75) is 102 Å². The standard InChI is InChI=1S/2C14H15ClN2O.2C13H13BrN2O/c2*15-8-5-6-12-11(7-8)9-3-1-2-4-10(14(16)18)13(9)17-12;2*14-8-2-4-11-10(6-8)9-3-1-7(13(15)17)5-12(9)16-11/h2*5-7,9-10H,1-4H2,(H2,16,18);2*2,4,6-7,16H,1,3,5H2,(H2,15,17)/t2*9?,10-;2*7-/m1010/s1. The number of rotatable bonds is 4. The largest absolute Gasteiger partial charge is 0.369 e. The van der Waals surface area contributed by atoms with Crippen LogP contribution in [0.5, 0.6) is 0 Å². The van der Waals surface area contributed by atoms with Crippen LogP contribution in [0.4, 0.5) is 11.4 Å². The summed E-state index contributed by atoms with van der Waals surface area (Å²) in [6.45, 7) is 0. The zero-order chi connectivity index (χ0) is 49.4. The molecule has 4 aromatic carbocycles. The van der Waals surface area contributed by atoms with Gasteiger partial charge in [0.05, 0.1) is 23.2 Å². The van der Waals surface area contributed by atoms with Crippen molar-refractivity contribution in [2.75, 3.05) is 0 Å². The number of aromatic nitrogens is 2. The average molecular weight is 1110 g/mol. The molecule has 2 fully saturated rings. The number of carbonyl (C=O) groups excluding carboxylic acids is 4. The van der Waals surface area contributed by atoms with Gasteiger partial charge in [0.15, 0.2) is 0 Å². The summed E-state index contributed by atoms with van der Waals surface area (Å²) >= 11 is 19.1. The molecule has 2 saturated carbocycles. The van der Waals surface area contributed by atoms with E-state index in [0.717, 1.165) is 154 Å². The highest BCUT2D eigenvalue weighted by Gasteiger charge is 2.38. The Labute approximate surface area is 433 Å². The summed E-state index contributed by atoms with van der Waals surface area (Å²) < 4.78 is 2.17. The summed E-state index contributed by atoms with van der Waals surface area (Å²) in [5, 5.41) is 3.98. The van der Waals surface area contributed by atoms with Crippen LogP contribution in [0.15, 0.2) is 91.7 Å². The molecule has 70 heavy (non-hydrogen) atoms. The molecule has 12 rings (SSSR count). The fourth-order valence-electron chi connectivity index (χ4n) is 11.4. The Morgan fingerprint density at radius 3 is 1.30 bits per heavy atom. The quantitative estimate of drug-likeness (QED) is 0.101. The molecule has 0 bridgehead atoms. The minimum absolute atomic E-state index is 0.0148. The van der Waals surface area contributed by atoms with Crippen LogP contribution in [0, 0.1) is 23.7 Å². The Hall–Kier alpha value is -5.28. The zero-order valence-corrected chi connectivity index (χ0v) is 43.3. The molecule has 12 nitrogen and oxygen atoms in total. The predicted octanol–water partition coefficient (Wildman–Crippen LogP) is 11.4. The number of aryl methyl sites for hydroxylation is 2. The molecule has 6 aromatic rings. The summed E-state index contributed by atoms with van der Waals surface area (Å²) in [6.07, 6.45) is 13.1. The molecule has 2 aliphatic heterocycles. The minimum atomic E-state index is -0.250. The molecule has 364 valence electrons. The highest BCUT2D eigenvalue weighted by molar-refractivity contribution is 9.10. The highest BCUT2D eigenvalue weighted by Crippen LogP contribution is 2.46. The van der Waals surface area contributed by atoms with E-state index in [2.05, 4.69) is 76.1 Å². The molecule has 6 atom stereocenters. The summed E-state index contributed by atoms with van der Waals surface area (Å²) in [5.41, 5.74) is 35.2. The Kier molecular flexibility index (Phi) is 15.1. The lowest BCUT2D eigenvalue weighted by Gasteiger charge is -2.19. The number of fused-ring (bicyclic) bond motifs is 12. The molecule has 2 unspecified atom stereocenters. The molecule has 0 spiro atoms. The first-order valence-corrected chi connectivity index (χ1v) is 26.5. The predicted molar refractivity (Wildman–Crippen MR) is 286 cm³/mol. The molecule has 6 aliphatic rings. The third-order valence-electron chi connectivity index (χ3n) is 14.9. The second-order valence-corrected chi connectivity index (χ2v) is 22.0. The second kappa shape index (κ2) is 21.2. The minimum Gasteiger partial charge on any atom is -0.369 e. The third-order valence-corrected chi connectivity index (χ3v) is 16.4. The smallest absolute Gasteiger partial charge is 0.226 e. The molecule has 0 radical (unpaired) electrons. The molecule has 2 aromatic heterocycles. The van der Waals surface area contributed by atoms with Crippen LogP contribution in [0.25, 0.3) is 21.8 Å². The summed E-state index contributed by atoms with van der Waals surface area (Å²) in [6, 6.07) is 23.9. The lowest BCUT2D eigenvalue weighted by Crippen LogP contribution is -2.31. The van der Waals surface area contributed by atoms with Gasteiger partial charge in [0.2, 0.25) is 23.6 Å². The summed E-state index contributed by atoms with van der Waals surface area (Å²) in [4.78, 5) is 61.7. The van der Waals surface area contributed by atoms with Gasteiger partial charge >= 0.3 is 0 Å². The first-order valence-electron chi connectivity index (χ1n) is 24.1. The Morgan fingerprint density at radius 1 is 0.514 bits per heavy atom. The number of hydrogen-bond donors (Lipinski definition) is 6. The molecule has 4 heterocycles. The van der Waals surface area contributed by atoms with E-state index in [1.807, 2.05) is 48.5 Å². The lowest BCUT2D eigenvalue weighted by atomic mass is 9.86. The van der Waals surface area contributed by atoms with Gasteiger partial charge in [0.25, 0.3) is 0 Å². The fraction of sp³-hybridized carbons (Fsp3) is 0.370. The number of amides is 4. The van der Waals surface area contributed by atoms with Crippen molar-refractivity contribution in [1.29, 1.82) is 0 Å². The van der Waals surface area contributed by atoms with E-state index in [4.69, 9.17) is 46.1 Å². The van der Waals surface area contributed by atoms with Gasteiger partial charge in [-0.2, -0.15) is 0 Å². The number of carbonyl (C=O) groups is 4. The van der Waals surface area contributed by atoms with Gasteiger partial charge in [-0.3, -0.25) is 29.2 Å². The number of aromatic amines is 2. The van der Waals surface area contributed by atoms with E-state index in [1.54, 1.807) is 0 Å². The van der Waals surface area contributed by atoms with Crippen molar-refractivity contribution in [1.82, 2.24) is 9.97 Å². The maximum atomic E-state index is 11.6. The van der Waals surface area contributed by atoms with E-state index >= 15 is 0 Å². The summed E-state index contributed by atoms with van der Waals surface area (Å²) in [5.74, 6) is -0.840. The van der Waals surface area contributed by atoms with Gasteiger partial charge < -0.3 is 32.9 Å². The lowest BCUT2D eigenvalue weighted by molar-refractivity contribution is -0.122. The maximum Gasteiger partial charge on any atom is 0.226 e. The molecule has 10 N–H and O–H groups in total. The number of nitrogens with two attached hydrogens (primary N) is 4. The zero-order valence-electron chi connectivity index (χ0n) is 38.6. The van der Waals surface area contributed by atoms with Crippen molar-refractivity contribution in [3.05, 3.63) is 125 Å². The van der Waals surface area contributed by atoms with Crippen LogP contribution >= 0.6 is 55.1 Å². The SMILES string of the molecule is NC(=O)[C@@H]1CCCCC2C1=Nc1ccc(Cl)cc12.NC(=O)[C@@H]1CCc2c([nH]c3ccc(Br)cc23)C1.NC(=O)[C@H]1CCCCC2C1=Nc1ccc(Cl)cc12.NC(=O)[C@H]1CCc2c([nH]c3ccc(Br)cc23)C1. The molecule has 0 saturated heterocycles. The van der Waals surface area contributed by atoms with Crippen molar-refractivity contribution < 1.29 is 19.2 Å². The maximum absolute atomic E-state index is 11.6. The van der Waals surface area contributed by atoms with Gasteiger partial charge in [-0.15, -0.1) is 0 Å². The fourth-order valence-corrected chi connectivity index (χ4v) is 12.5.